The predicted octanol–water partition coefficient (Wildman–Crippen LogP) is 3.01. The van der Waals surface area contributed by atoms with E-state index in [9.17, 15) is 4.79 Å². The molecule has 3 atom stereocenters. The average Bonchev–Trinajstić information content (AvgIpc) is 3.08. The molecule has 1 heterocycles. The van der Waals surface area contributed by atoms with E-state index in [-0.39, 0.29) is 0 Å². The lowest BCUT2D eigenvalue weighted by molar-refractivity contribution is -0.138. The maximum absolute atomic E-state index is 12.7. The number of nitrogens with zero attached hydrogens (tertiary/aromatic N) is 1. The van der Waals surface area contributed by atoms with Crippen LogP contribution in [0.1, 0.15) is 36.8 Å². The molecule has 1 aromatic rings. The lowest BCUT2D eigenvalue weighted by atomic mass is 9.87. The summed E-state index contributed by atoms with van der Waals surface area (Å²) in [5, 5.41) is 0. The van der Waals surface area contributed by atoms with Crippen LogP contribution in [0.4, 0.5) is 0 Å². The Balaban J connectivity index is 1.50. The summed E-state index contributed by atoms with van der Waals surface area (Å²) in [6, 6.07) is 8.57. The van der Waals surface area contributed by atoms with E-state index in [4.69, 9.17) is 0 Å². The van der Waals surface area contributed by atoms with Crippen LogP contribution in [-0.2, 0) is 17.8 Å². The smallest absolute Gasteiger partial charge is 0.226 e. The van der Waals surface area contributed by atoms with Crippen LogP contribution in [-0.4, -0.2) is 17.4 Å². The van der Waals surface area contributed by atoms with E-state index >= 15 is 0 Å². The fourth-order valence-corrected chi connectivity index (χ4v) is 4.47. The van der Waals surface area contributed by atoms with Crippen LogP contribution in [0.5, 0.6) is 0 Å². The zero-order valence-electron chi connectivity index (χ0n) is 11.3. The van der Waals surface area contributed by atoms with Crippen molar-refractivity contribution in [1.82, 2.24) is 4.90 Å². The van der Waals surface area contributed by atoms with E-state index in [2.05, 4.69) is 29.2 Å². The maximum atomic E-state index is 12.7. The number of hydrogen-bond acceptors (Lipinski definition) is 1. The molecule has 2 saturated carbocycles. The third-order valence-corrected chi connectivity index (χ3v) is 5.50. The molecular formula is C17H21NO. The third kappa shape index (κ3) is 1.89. The fraction of sp³-hybridized carbons (Fsp3) is 0.588. The molecular weight excluding hydrogens is 234 g/mol. The number of benzene rings is 1. The predicted molar refractivity (Wildman–Crippen MR) is 74.5 cm³/mol. The van der Waals surface area contributed by atoms with Gasteiger partial charge in [-0.2, -0.15) is 0 Å². The minimum absolute atomic E-state index is 0.351. The molecule has 100 valence electrons. The van der Waals surface area contributed by atoms with Crippen LogP contribution in [0.3, 0.4) is 0 Å². The molecule has 2 fully saturated rings. The first-order valence-corrected chi connectivity index (χ1v) is 7.67. The Bertz CT molecular complexity index is 510. The number of carbonyl (C=O) groups is 1. The van der Waals surface area contributed by atoms with Gasteiger partial charge in [-0.05, 0) is 48.6 Å². The second-order valence-corrected chi connectivity index (χ2v) is 6.56. The van der Waals surface area contributed by atoms with Gasteiger partial charge in [0.15, 0.2) is 0 Å². The molecule has 0 saturated heterocycles. The largest absolute Gasteiger partial charge is 0.338 e. The molecule has 3 unspecified atom stereocenters. The number of amides is 1. The van der Waals surface area contributed by atoms with Crippen molar-refractivity contribution in [1.29, 1.82) is 0 Å². The summed E-state index contributed by atoms with van der Waals surface area (Å²) in [5.74, 6) is 2.36. The van der Waals surface area contributed by atoms with Crippen LogP contribution in [0.15, 0.2) is 24.3 Å². The van der Waals surface area contributed by atoms with Crippen molar-refractivity contribution in [3.63, 3.8) is 0 Å². The van der Waals surface area contributed by atoms with Gasteiger partial charge >= 0.3 is 0 Å². The van der Waals surface area contributed by atoms with Crippen molar-refractivity contribution in [3.8, 4) is 0 Å². The Labute approximate surface area is 114 Å². The fourth-order valence-electron chi connectivity index (χ4n) is 4.47. The minimum atomic E-state index is 0.351. The van der Waals surface area contributed by atoms with Gasteiger partial charge in [-0.25, -0.2) is 0 Å². The molecule has 2 aliphatic carbocycles. The van der Waals surface area contributed by atoms with Crippen molar-refractivity contribution in [3.05, 3.63) is 35.4 Å². The molecule has 2 heteroatoms. The molecule has 19 heavy (non-hydrogen) atoms. The number of fused-ring (bicyclic) bond motifs is 3. The number of hydrogen-bond donors (Lipinski definition) is 0. The zero-order chi connectivity index (χ0) is 12.8. The van der Waals surface area contributed by atoms with E-state index < -0.39 is 0 Å². The Kier molecular flexibility index (Phi) is 2.64. The summed E-state index contributed by atoms with van der Waals surface area (Å²) < 4.78 is 0. The first kappa shape index (κ1) is 11.5. The molecule has 0 aromatic heterocycles. The highest BCUT2D eigenvalue weighted by Crippen LogP contribution is 2.49. The highest BCUT2D eigenvalue weighted by molar-refractivity contribution is 5.80. The van der Waals surface area contributed by atoms with E-state index in [0.717, 1.165) is 25.4 Å². The Hall–Kier alpha value is -1.31. The highest BCUT2D eigenvalue weighted by Gasteiger charge is 2.44. The van der Waals surface area contributed by atoms with E-state index in [1.807, 2.05) is 0 Å². The van der Waals surface area contributed by atoms with E-state index in [1.165, 1.54) is 36.8 Å². The molecule has 4 rings (SSSR count). The summed E-state index contributed by atoms with van der Waals surface area (Å²) in [6.07, 6.45) is 6.19. The standard InChI is InChI=1S/C17H21NO/c19-17(16-10-12-5-6-14(16)9-12)18-8-7-13-3-1-2-4-15(13)11-18/h1-4,12,14,16H,5-11H2. The van der Waals surface area contributed by atoms with Crippen molar-refractivity contribution in [2.45, 2.75) is 38.6 Å². The summed E-state index contributed by atoms with van der Waals surface area (Å²) in [5.41, 5.74) is 2.78. The van der Waals surface area contributed by atoms with Gasteiger partial charge in [0.25, 0.3) is 0 Å². The van der Waals surface area contributed by atoms with Gasteiger partial charge in [0, 0.05) is 19.0 Å². The molecule has 1 amide bonds. The molecule has 1 aromatic carbocycles. The van der Waals surface area contributed by atoms with Crippen LogP contribution in [0.2, 0.25) is 0 Å². The minimum Gasteiger partial charge on any atom is -0.338 e. The second-order valence-electron chi connectivity index (χ2n) is 6.56. The molecule has 2 nitrogen and oxygen atoms in total. The summed E-state index contributed by atoms with van der Waals surface area (Å²) >= 11 is 0. The van der Waals surface area contributed by atoms with Gasteiger partial charge in [0.05, 0.1) is 0 Å². The SMILES string of the molecule is O=C(C1CC2CCC1C2)N1CCc2ccccc2C1. The van der Waals surface area contributed by atoms with Crippen molar-refractivity contribution >= 4 is 5.91 Å². The summed E-state index contributed by atoms with van der Waals surface area (Å²) in [7, 11) is 0. The molecule has 0 N–H and O–H groups in total. The van der Waals surface area contributed by atoms with Crippen LogP contribution < -0.4 is 0 Å². The van der Waals surface area contributed by atoms with Gasteiger partial charge in [-0.3, -0.25) is 4.79 Å². The summed E-state index contributed by atoms with van der Waals surface area (Å²) in [6.45, 7) is 1.76. The topological polar surface area (TPSA) is 20.3 Å². The first-order valence-electron chi connectivity index (χ1n) is 7.67. The Morgan fingerprint density at radius 3 is 2.68 bits per heavy atom. The number of carbonyl (C=O) groups excluding carboxylic acids is 1. The van der Waals surface area contributed by atoms with Crippen LogP contribution >= 0.6 is 0 Å². The third-order valence-electron chi connectivity index (χ3n) is 5.50. The monoisotopic (exact) mass is 255 g/mol. The van der Waals surface area contributed by atoms with E-state index in [1.54, 1.807) is 0 Å². The quantitative estimate of drug-likeness (QED) is 0.755. The van der Waals surface area contributed by atoms with Crippen LogP contribution in [0, 0.1) is 17.8 Å². The second kappa shape index (κ2) is 4.36. The molecule has 3 aliphatic rings. The summed E-state index contributed by atoms with van der Waals surface area (Å²) in [4.78, 5) is 14.8. The van der Waals surface area contributed by atoms with Crippen molar-refractivity contribution < 1.29 is 4.79 Å². The lowest BCUT2D eigenvalue weighted by Crippen LogP contribution is -2.41. The normalized spacial score (nSPS) is 32.4. The van der Waals surface area contributed by atoms with Gasteiger partial charge in [0.1, 0.15) is 0 Å². The van der Waals surface area contributed by atoms with Gasteiger partial charge in [-0.1, -0.05) is 30.7 Å². The maximum Gasteiger partial charge on any atom is 0.226 e. The van der Waals surface area contributed by atoms with Crippen LogP contribution in [0.25, 0.3) is 0 Å². The highest BCUT2D eigenvalue weighted by atomic mass is 16.2. The molecule has 0 spiro atoms. The van der Waals surface area contributed by atoms with E-state index in [0.29, 0.717) is 17.7 Å². The van der Waals surface area contributed by atoms with Gasteiger partial charge in [-0.15, -0.1) is 0 Å². The zero-order valence-corrected chi connectivity index (χ0v) is 11.3. The number of rotatable bonds is 1. The van der Waals surface area contributed by atoms with Crippen molar-refractivity contribution in [2.24, 2.45) is 17.8 Å². The Morgan fingerprint density at radius 2 is 1.95 bits per heavy atom. The van der Waals surface area contributed by atoms with Crippen molar-refractivity contribution in [2.75, 3.05) is 6.54 Å². The van der Waals surface area contributed by atoms with Gasteiger partial charge < -0.3 is 4.90 Å². The first-order chi connectivity index (χ1) is 9.31. The Morgan fingerprint density at radius 1 is 1.11 bits per heavy atom. The molecule has 0 radical (unpaired) electrons. The molecule has 2 bridgehead atoms. The van der Waals surface area contributed by atoms with Gasteiger partial charge in [0.2, 0.25) is 5.91 Å². The lowest BCUT2D eigenvalue weighted by Gasteiger charge is -2.33. The molecule has 1 aliphatic heterocycles. The average molecular weight is 255 g/mol.